The summed E-state index contributed by atoms with van der Waals surface area (Å²) in [5, 5.41) is 8.68. The standard InChI is InChI=1S/C15H16N4/c1-2-6-14(7-3-1)8-9-15(18-12-4-10-16-18)19-13-5-11-17-19/h1-7,10-13,15H,8-9H2. The van der Waals surface area contributed by atoms with Crippen molar-refractivity contribution in [3.8, 4) is 0 Å². The molecule has 1 aromatic carbocycles. The summed E-state index contributed by atoms with van der Waals surface area (Å²) in [6.07, 6.45) is 9.68. The molecule has 0 spiro atoms. The lowest BCUT2D eigenvalue weighted by molar-refractivity contribution is 0.338. The third kappa shape index (κ3) is 2.73. The number of hydrogen-bond acceptors (Lipinski definition) is 2. The highest BCUT2D eigenvalue weighted by molar-refractivity contribution is 5.14. The number of hydrogen-bond donors (Lipinski definition) is 0. The molecule has 96 valence electrons. The van der Waals surface area contributed by atoms with Crippen LogP contribution in [0.15, 0.2) is 67.3 Å². The molecule has 0 aliphatic carbocycles. The third-order valence-corrected chi connectivity index (χ3v) is 3.19. The van der Waals surface area contributed by atoms with Gasteiger partial charge in [-0.05, 0) is 30.5 Å². The molecule has 0 bridgehead atoms. The summed E-state index contributed by atoms with van der Waals surface area (Å²) in [7, 11) is 0. The van der Waals surface area contributed by atoms with Gasteiger partial charge in [-0.15, -0.1) is 0 Å². The van der Waals surface area contributed by atoms with E-state index >= 15 is 0 Å². The second-order valence-electron chi connectivity index (χ2n) is 4.48. The van der Waals surface area contributed by atoms with Gasteiger partial charge >= 0.3 is 0 Å². The SMILES string of the molecule is c1ccc(CCC(n2cccn2)n2cccn2)cc1. The fraction of sp³-hybridized carbons (Fsp3) is 0.200. The Hall–Kier alpha value is -2.36. The molecule has 0 aliphatic rings. The molecule has 0 atom stereocenters. The minimum atomic E-state index is 0.130. The van der Waals surface area contributed by atoms with Gasteiger partial charge in [0.15, 0.2) is 0 Å². The lowest BCUT2D eigenvalue weighted by atomic mass is 10.1. The Morgan fingerprint density at radius 2 is 1.47 bits per heavy atom. The second-order valence-corrected chi connectivity index (χ2v) is 4.48. The minimum absolute atomic E-state index is 0.130. The van der Waals surface area contributed by atoms with Gasteiger partial charge in [-0.25, -0.2) is 9.36 Å². The highest BCUT2D eigenvalue weighted by Gasteiger charge is 2.13. The van der Waals surface area contributed by atoms with Crippen LogP contribution in [0.1, 0.15) is 18.2 Å². The van der Waals surface area contributed by atoms with Crippen LogP contribution in [0, 0.1) is 0 Å². The third-order valence-electron chi connectivity index (χ3n) is 3.19. The van der Waals surface area contributed by atoms with E-state index in [1.165, 1.54) is 5.56 Å². The highest BCUT2D eigenvalue weighted by atomic mass is 15.4. The van der Waals surface area contributed by atoms with E-state index in [0.717, 1.165) is 12.8 Å². The Morgan fingerprint density at radius 1 is 0.842 bits per heavy atom. The summed E-state index contributed by atoms with van der Waals surface area (Å²) in [6.45, 7) is 0. The zero-order valence-corrected chi connectivity index (χ0v) is 10.6. The fourth-order valence-electron chi connectivity index (χ4n) is 2.24. The Kier molecular flexibility index (Phi) is 3.40. The maximum atomic E-state index is 4.34. The van der Waals surface area contributed by atoms with E-state index in [-0.39, 0.29) is 6.17 Å². The zero-order chi connectivity index (χ0) is 12.9. The van der Waals surface area contributed by atoms with Gasteiger partial charge < -0.3 is 0 Å². The summed E-state index contributed by atoms with van der Waals surface area (Å²) in [6, 6.07) is 14.4. The lowest BCUT2D eigenvalue weighted by Gasteiger charge is -2.18. The average molecular weight is 252 g/mol. The number of aromatic nitrogens is 4. The lowest BCUT2D eigenvalue weighted by Crippen LogP contribution is -2.20. The van der Waals surface area contributed by atoms with E-state index in [0.29, 0.717) is 0 Å². The molecule has 0 radical (unpaired) electrons. The fourth-order valence-corrected chi connectivity index (χ4v) is 2.24. The average Bonchev–Trinajstić information content (AvgIpc) is 3.13. The van der Waals surface area contributed by atoms with Crippen molar-refractivity contribution in [2.24, 2.45) is 0 Å². The van der Waals surface area contributed by atoms with Crippen LogP contribution in [0.5, 0.6) is 0 Å². The second kappa shape index (κ2) is 5.52. The summed E-state index contributed by atoms with van der Waals surface area (Å²) in [4.78, 5) is 0. The van der Waals surface area contributed by atoms with Crippen LogP contribution >= 0.6 is 0 Å². The van der Waals surface area contributed by atoms with Gasteiger partial charge in [-0.3, -0.25) is 0 Å². The largest absolute Gasteiger partial charge is 0.248 e. The monoisotopic (exact) mass is 252 g/mol. The molecule has 0 aliphatic heterocycles. The molecular weight excluding hydrogens is 236 g/mol. The first kappa shape index (κ1) is 11.7. The molecule has 4 nitrogen and oxygen atoms in total. The van der Waals surface area contributed by atoms with E-state index in [1.54, 1.807) is 12.4 Å². The van der Waals surface area contributed by atoms with Gasteiger partial charge in [0.05, 0.1) is 0 Å². The molecule has 0 saturated carbocycles. The molecule has 0 fully saturated rings. The Balaban J connectivity index is 1.77. The summed E-state index contributed by atoms with van der Waals surface area (Å²) >= 11 is 0. The molecule has 0 unspecified atom stereocenters. The van der Waals surface area contributed by atoms with Crippen molar-refractivity contribution in [3.05, 3.63) is 72.8 Å². The normalized spacial score (nSPS) is 11.0. The minimum Gasteiger partial charge on any atom is -0.248 e. The van der Waals surface area contributed by atoms with E-state index in [4.69, 9.17) is 0 Å². The van der Waals surface area contributed by atoms with Gasteiger partial charge in [0.2, 0.25) is 0 Å². The number of nitrogens with zero attached hydrogens (tertiary/aromatic N) is 4. The number of aryl methyl sites for hydroxylation is 1. The van der Waals surface area contributed by atoms with E-state index < -0.39 is 0 Å². The molecule has 2 heterocycles. The number of benzene rings is 1. The maximum Gasteiger partial charge on any atom is 0.143 e. The van der Waals surface area contributed by atoms with Crippen LogP contribution in [-0.4, -0.2) is 19.6 Å². The van der Waals surface area contributed by atoms with Crippen LogP contribution in [0.3, 0.4) is 0 Å². The van der Waals surface area contributed by atoms with E-state index in [2.05, 4.69) is 34.5 Å². The summed E-state index contributed by atoms with van der Waals surface area (Å²) in [5.74, 6) is 0. The van der Waals surface area contributed by atoms with Crippen molar-refractivity contribution in [2.45, 2.75) is 19.0 Å². The van der Waals surface area contributed by atoms with Gasteiger partial charge in [-0.2, -0.15) is 10.2 Å². The van der Waals surface area contributed by atoms with E-state index in [1.807, 2.05) is 40.0 Å². The number of rotatable bonds is 5. The predicted molar refractivity (Wildman–Crippen MR) is 73.7 cm³/mol. The van der Waals surface area contributed by atoms with Crippen molar-refractivity contribution < 1.29 is 0 Å². The molecule has 0 saturated heterocycles. The first-order valence-electron chi connectivity index (χ1n) is 6.46. The molecule has 19 heavy (non-hydrogen) atoms. The van der Waals surface area contributed by atoms with Gasteiger partial charge in [0.25, 0.3) is 0 Å². The summed E-state index contributed by atoms with van der Waals surface area (Å²) in [5.41, 5.74) is 1.34. The smallest absolute Gasteiger partial charge is 0.143 e. The van der Waals surface area contributed by atoms with Crippen LogP contribution < -0.4 is 0 Å². The van der Waals surface area contributed by atoms with Gasteiger partial charge in [0, 0.05) is 24.8 Å². The van der Waals surface area contributed by atoms with Gasteiger partial charge in [0.1, 0.15) is 6.17 Å². The quantitative estimate of drug-likeness (QED) is 0.700. The first-order valence-corrected chi connectivity index (χ1v) is 6.46. The maximum absolute atomic E-state index is 4.34. The van der Waals surface area contributed by atoms with Crippen molar-refractivity contribution in [1.29, 1.82) is 0 Å². The van der Waals surface area contributed by atoms with Crippen molar-refractivity contribution in [3.63, 3.8) is 0 Å². The highest BCUT2D eigenvalue weighted by Crippen LogP contribution is 2.16. The molecule has 3 aromatic rings. The zero-order valence-electron chi connectivity index (χ0n) is 10.6. The van der Waals surface area contributed by atoms with Crippen molar-refractivity contribution in [1.82, 2.24) is 19.6 Å². The van der Waals surface area contributed by atoms with Crippen LogP contribution in [-0.2, 0) is 6.42 Å². The van der Waals surface area contributed by atoms with Crippen LogP contribution in [0.4, 0.5) is 0 Å². The van der Waals surface area contributed by atoms with Crippen molar-refractivity contribution in [2.75, 3.05) is 0 Å². The topological polar surface area (TPSA) is 35.6 Å². The Labute approximate surface area is 112 Å². The Bertz CT molecular complexity index is 550. The van der Waals surface area contributed by atoms with Crippen molar-refractivity contribution >= 4 is 0 Å². The van der Waals surface area contributed by atoms with Gasteiger partial charge in [-0.1, -0.05) is 30.3 Å². The first-order chi connectivity index (χ1) is 9.43. The molecule has 2 aromatic heterocycles. The molecule has 0 N–H and O–H groups in total. The Morgan fingerprint density at radius 3 is 2.00 bits per heavy atom. The molecule has 0 amide bonds. The van der Waals surface area contributed by atoms with E-state index in [9.17, 15) is 0 Å². The molecular formula is C15H16N4. The summed E-state index contributed by atoms with van der Waals surface area (Å²) < 4.78 is 3.91. The molecule has 3 rings (SSSR count). The molecule has 4 heteroatoms. The van der Waals surface area contributed by atoms with Crippen LogP contribution in [0.25, 0.3) is 0 Å². The predicted octanol–water partition coefficient (Wildman–Crippen LogP) is 2.76. The van der Waals surface area contributed by atoms with Crippen LogP contribution in [0.2, 0.25) is 0 Å².